The first-order valence-electron chi connectivity index (χ1n) is 10.5. The Morgan fingerprint density at radius 3 is 2.25 bits per heavy atom. The van der Waals surface area contributed by atoms with Crippen LogP contribution in [0.25, 0.3) is 38.6 Å². The maximum absolute atomic E-state index is 9.75. The Kier molecular flexibility index (Phi) is 4.80. The smallest absolute Gasteiger partial charge is 0.119 e. The summed E-state index contributed by atoms with van der Waals surface area (Å²) in [4.78, 5) is 2.08. The molecule has 0 fully saturated rings. The number of fused-ring (bicyclic) bond motifs is 3. The van der Waals surface area contributed by atoms with Crippen molar-refractivity contribution in [3.63, 3.8) is 0 Å². The third-order valence-corrected chi connectivity index (χ3v) is 5.89. The molecule has 0 bridgehead atoms. The SMILES string of the molecule is COc1ccc2c(c1)c1ccccc1n2-c1c(-c2ccccc2)cc(C#N)cc1N(C)C. The van der Waals surface area contributed by atoms with Crippen LogP contribution in [0.2, 0.25) is 0 Å². The molecule has 5 rings (SSSR count). The normalized spacial score (nSPS) is 10.9. The summed E-state index contributed by atoms with van der Waals surface area (Å²) in [5.74, 6) is 0.830. The van der Waals surface area contributed by atoms with Crippen LogP contribution in [-0.2, 0) is 0 Å². The van der Waals surface area contributed by atoms with Gasteiger partial charge in [-0.3, -0.25) is 0 Å². The van der Waals surface area contributed by atoms with E-state index in [-0.39, 0.29) is 0 Å². The molecule has 1 aromatic heterocycles. The lowest BCUT2D eigenvalue weighted by atomic mass is 9.99. The Bertz CT molecular complexity index is 1490. The quantitative estimate of drug-likeness (QED) is 0.340. The molecule has 0 amide bonds. The minimum atomic E-state index is 0.638. The van der Waals surface area contributed by atoms with Gasteiger partial charge in [-0.2, -0.15) is 5.26 Å². The van der Waals surface area contributed by atoms with E-state index in [9.17, 15) is 5.26 Å². The number of para-hydroxylation sites is 1. The lowest BCUT2D eigenvalue weighted by molar-refractivity contribution is 0.415. The van der Waals surface area contributed by atoms with Crippen LogP contribution in [0.1, 0.15) is 5.56 Å². The van der Waals surface area contributed by atoms with Gasteiger partial charge in [0.1, 0.15) is 5.75 Å². The fourth-order valence-corrected chi connectivity index (χ4v) is 4.42. The number of nitrogens with zero attached hydrogens (tertiary/aromatic N) is 3. The molecule has 0 radical (unpaired) electrons. The van der Waals surface area contributed by atoms with Gasteiger partial charge >= 0.3 is 0 Å². The van der Waals surface area contributed by atoms with Crippen LogP contribution in [0.5, 0.6) is 5.75 Å². The molecule has 0 aliphatic carbocycles. The highest BCUT2D eigenvalue weighted by Gasteiger charge is 2.21. The van der Waals surface area contributed by atoms with Crippen molar-refractivity contribution in [3.05, 3.63) is 90.5 Å². The zero-order valence-electron chi connectivity index (χ0n) is 18.3. The Labute approximate surface area is 187 Å². The molecule has 0 aliphatic rings. The van der Waals surface area contributed by atoms with Crippen LogP contribution in [0.15, 0.2) is 84.9 Å². The first-order chi connectivity index (χ1) is 15.6. The second kappa shape index (κ2) is 7.79. The number of hydrogen-bond acceptors (Lipinski definition) is 3. The van der Waals surface area contributed by atoms with Crippen molar-refractivity contribution >= 4 is 27.5 Å². The van der Waals surface area contributed by atoms with E-state index in [4.69, 9.17) is 4.74 Å². The summed E-state index contributed by atoms with van der Waals surface area (Å²) in [6.45, 7) is 0. The summed E-state index contributed by atoms with van der Waals surface area (Å²) in [5, 5.41) is 12.0. The molecule has 0 atom stereocenters. The average Bonchev–Trinajstić information content (AvgIpc) is 3.17. The van der Waals surface area contributed by atoms with Crippen molar-refractivity contribution in [2.75, 3.05) is 26.1 Å². The van der Waals surface area contributed by atoms with Crippen molar-refractivity contribution in [1.82, 2.24) is 4.57 Å². The first kappa shape index (κ1) is 19.7. The Morgan fingerprint density at radius 1 is 0.812 bits per heavy atom. The van der Waals surface area contributed by atoms with Crippen molar-refractivity contribution in [2.24, 2.45) is 0 Å². The lowest BCUT2D eigenvalue weighted by Crippen LogP contribution is -2.14. The van der Waals surface area contributed by atoms with Gasteiger partial charge in [-0.05, 0) is 42.0 Å². The number of rotatable bonds is 4. The third-order valence-electron chi connectivity index (χ3n) is 5.89. The number of ether oxygens (including phenoxy) is 1. The van der Waals surface area contributed by atoms with Gasteiger partial charge in [-0.1, -0.05) is 48.5 Å². The maximum Gasteiger partial charge on any atom is 0.119 e. The molecule has 4 aromatic carbocycles. The number of hydrogen-bond donors (Lipinski definition) is 0. The van der Waals surface area contributed by atoms with Gasteiger partial charge in [-0.25, -0.2) is 0 Å². The summed E-state index contributed by atoms with van der Waals surface area (Å²) in [6.07, 6.45) is 0. The highest BCUT2D eigenvalue weighted by atomic mass is 16.5. The summed E-state index contributed by atoms with van der Waals surface area (Å²) < 4.78 is 7.83. The van der Waals surface area contributed by atoms with E-state index < -0.39 is 0 Å². The van der Waals surface area contributed by atoms with E-state index in [0.29, 0.717) is 5.56 Å². The molecule has 156 valence electrons. The number of nitriles is 1. The van der Waals surface area contributed by atoms with Crippen molar-refractivity contribution in [3.8, 4) is 28.6 Å². The van der Waals surface area contributed by atoms with Crippen molar-refractivity contribution in [1.29, 1.82) is 5.26 Å². The van der Waals surface area contributed by atoms with E-state index in [1.165, 1.54) is 0 Å². The van der Waals surface area contributed by atoms with Gasteiger partial charge in [0.15, 0.2) is 0 Å². The third kappa shape index (κ3) is 3.07. The molecule has 4 heteroatoms. The van der Waals surface area contributed by atoms with E-state index in [2.05, 4.69) is 64.1 Å². The predicted octanol–water partition coefficient (Wildman–Crippen LogP) is 6.40. The zero-order chi connectivity index (χ0) is 22.2. The van der Waals surface area contributed by atoms with Gasteiger partial charge in [0.2, 0.25) is 0 Å². The van der Waals surface area contributed by atoms with Crippen molar-refractivity contribution < 1.29 is 4.74 Å². The molecule has 0 spiro atoms. The fourth-order valence-electron chi connectivity index (χ4n) is 4.42. The fraction of sp³-hybridized carbons (Fsp3) is 0.107. The molecule has 0 saturated carbocycles. The Balaban J connectivity index is 1.99. The zero-order valence-corrected chi connectivity index (χ0v) is 18.3. The molecule has 4 nitrogen and oxygen atoms in total. The molecule has 32 heavy (non-hydrogen) atoms. The van der Waals surface area contributed by atoms with Crippen LogP contribution in [0.3, 0.4) is 0 Å². The standard InChI is InChI=1S/C28H23N3O/c1-30(2)27-16-19(18-29)15-23(20-9-5-4-6-10-20)28(27)31-25-12-8-7-11-22(25)24-17-21(32-3)13-14-26(24)31/h4-17H,1-3H3. The van der Waals surface area contributed by atoms with E-state index in [0.717, 1.165) is 50.1 Å². The van der Waals surface area contributed by atoms with Gasteiger partial charge in [0, 0.05) is 30.4 Å². The molecule has 1 heterocycles. The number of anilines is 1. The van der Waals surface area contributed by atoms with Gasteiger partial charge in [-0.15, -0.1) is 0 Å². The van der Waals surface area contributed by atoms with E-state index in [1.807, 2.05) is 50.5 Å². The van der Waals surface area contributed by atoms with Crippen LogP contribution in [0.4, 0.5) is 5.69 Å². The number of methoxy groups -OCH3 is 1. The predicted molar refractivity (Wildman–Crippen MR) is 132 cm³/mol. The van der Waals surface area contributed by atoms with E-state index in [1.54, 1.807) is 7.11 Å². The van der Waals surface area contributed by atoms with Gasteiger partial charge < -0.3 is 14.2 Å². The number of aromatic nitrogens is 1. The van der Waals surface area contributed by atoms with Crippen LogP contribution >= 0.6 is 0 Å². The minimum absolute atomic E-state index is 0.638. The number of benzene rings is 4. The molecule has 0 N–H and O–H groups in total. The Morgan fingerprint density at radius 2 is 1.53 bits per heavy atom. The van der Waals surface area contributed by atoms with Crippen molar-refractivity contribution in [2.45, 2.75) is 0 Å². The average molecular weight is 418 g/mol. The van der Waals surface area contributed by atoms with Crippen LogP contribution in [-0.4, -0.2) is 25.8 Å². The second-order valence-corrected chi connectivity index (χ2v) is 8.00. The molecule has 0 unspecified atom stereocenters. The highest BCUT2D eigenvalue weighted by molar-refractivity contribution is 6.11. The minimum Gasteiger partial charge on any atom is -0.497 e. The lowest BCUT2D eigenvalue weighted by Gasteiger charge is -2.23. The van der Waals surface area contributed by atoms with Crippen LogP contribution < -0.4 is 9.64 Å². The monoisotopic (exact) mass is 417 g/mol. The molecular weight excluding hydrogens is 394 g/mol. The summed E-state index contributed by atoms with van der Waals surface area (Å²) in [5.41, 5.74) is 6.98. The highest BCUT2D eigenvalue weighted by Crippen LogP contribution is 2.41. The van der Waals surface area contributed by atoms with Gasteiger partial charge in [0.25, 0.3) is 0 Å². The molecule has 5 aromatic rings. The maximum atomic E-state index is 9.75. The molecular formula is C28H23N3O. The summed E-state index contributed by atoms with van der Waals surface area (Å²) in [6, 6.07) is 31.2. The van der Waals surface area contributed by atoms with E-state index >= 15 is 0 Å². The molecule has 0 saturated heterocycles. The molecule has 0 aliphatic heterocycles. The van der Waals surface area contributed by atoms with Crippen LogP contribution in [0, 0.1) is 11.3 Å². The second-order valence-electron chi connectivity index (χ2n) is 8.00. The van der Waals surface area contributed by atoms with Gasteiger partial charge in [0.05, 0.1) is 41.2 Å². The Hall–Kier alpha value is -4.23. The first-order valence-corrected chi connectivity index (χ1v) is 10.5. The largest absolute Gasteiger partial charge is 0.497 e. The summed E-state index contributed by atoms with van der Waals surface area (Å²) >= 11 is 0. The topological polar surface area (TPSA) is 41.2 Å². The summed E-state index contributed by atoms with van der Waals surface area (Å²) in [7, 11) is 5.73.